The molecule has 3 rings (SSSR count). The number of carbonyl (C=O) groups is 1. The monoisotopic (exact) mass is 384 g/mol. The number of ether oxygens (including phenoxy) is 2. The van der Waals surface area contributed by atoms with Gasteiger partial charge in [-0.2, -0.15) is 4.31 Å². The molecule has 1 aliphatic rings. The molecule has 2 heterocycles. The van der Waals surface area contributed by atoms with E-state index in [0.717, 1.165) is 4.31 Å². The maximum Gasteiger partial charge on any atom is 0.258 e. The molecule has 0 spiro atoms. The van der Waals surface area contributed by atoms with E-state index >= 15 is 0 Å². The lowest BCUT2D eigenvalue weighted by atomic mass is 10.2. The van der Waals surface area contributed by atoms with Gasteiger partial charge in [0, 0.05) is 11.4 Å². The van der Waals surface area contributed by atoms with Gasteiger partial charge in [0.2, 0.25) is 16.8 Å². The van der Waals surface area contributed by atoms with Crippen LogP contribution in [0.25, 0.3) is 0 Å². The first-order valence-electron chi connectivity index (χ1n) is 7.29. The second kappa shape index (κ2) is 7.40. The highest BCUT2D eigenvalue weighted by Gasteiger charge is 2.26. The number of amides is 1. The zero-order chi connectivity index (χ0) is 17.9. The molecule has 0 bridgehead atoms. The van der Waals surface area contributed by atoms with E-state index in [-0.39, 0.29) is 19.1 Å². The van der Waals surface area contributed by atoms with Gasteiger partial charge in [0.25, 0.3) is 5.91 Å². The van der Waals surface area contributed by atoms with Gasteiger partial charge in [-0.05, 0) is 29.1 Å². The number of hydroxylamine groups is 1. The van der Waals surface area contributed by atoms with Crippen LogP contribution in [-0.2, 0) is 27.1 Å². The van der Waals surface area contributed by atoms with E-state index in [4.69, 9.17) is 14.7 Å². The lowest BCUT2D eigenvalue weighted by Gasteiger charge is -2.21. The van der Waals surface area contributed by atoms with E-state index in [0.29, 0.717) is 21.9 Å². The smallest absolute Gasteiger partial charge is 0.258 e. The number of thiophene rings is 1. The van der Waals surface area contributed by atoms with Crippen LogP contribution in [-0.4, -0.2) is 37.2 Å². The fourth-order valence-corrected chi connectivity index (χ4v) is 4.86. The van der Waals surface area contributed by atoms with E-state index in [1.807, 2.05) is 0 Å². The summed E-state index contributed by atoms with van der Waals surface area (Å²) in [6, 6.07) is 8.55. The molecule has 8 nitrogen and oxygen atoms in total. The third-order valence-electron chi connectivity index (χ3n) is 3.54. The molecule has 0 aliphatic carbocycles. The number of nitrogens with one attached hydrogen (secondary N) is 1. The Bertz CT molecular complexity index is 851. The van der Waals surface area contributed by atoms with E-state index in [1.165, 1.54) is 16.8 Å². The molecule has 134 valence electrons. The lowest BCUT2D eigenvalue weighted by Crippen LogP contribution is -2.39. The van der Waals surface area contributed by atoms with Crippen LogP contribution in [0.5, 0.6) is 11.5 Å². The third kappa shape index (κ3) is 4.28. The van der Waals surface area contributed by atoms with Crippen molar-refractivity contribution in [3.05, 3.63) is 46.2 Å². The molecule has 1 amide bonds. The molecule has 0 saturated heterocycles. The van der Waals surface area contributed by atoms with Crippen LogP contribution in [0.1, 0.15) is 10.4 Å². The maximum absolute atomic E-state index is 12.7. The summed E-state index contributed by atoms with van der Waals surface area (Å²) in [4.78, 5) is 12.2. The van der Waals surface area contributed by atoms with Crippen LogP contribution < -0.4 is 15.0 Å². The average molecular weight is 384 g/mol. The molecule has 1 aromatic carbocycles. The highest BCUT2D eigenvalue weighted by atomic mass is 32.2. The first kappa shape index (κ1) is 17.7. The van der Waals surface area contributed by atoms with Gasteiger partial charge < -0.3 is 9.47 Å². The molecule has 1 aliphatic heterocycles. The largest absolute Gasteiger partial charge is 0.454 e. The summed E-state index contributed by atoms with van der Waals surface area (Å²) in [6.07, 6.45) is 0. The van der Waals surface area contributed by atoms with Gasteiger partial charge in [-0.25, -0.2) is 13.9 Å². The van der Waals surface area contributed by atoms with Crippen molar-refractivity contribution in [3.63, 3.8) is 0 Å². The fraction of sp³-hybridized carbons (Fsp3) is 0.267. The van der Waals surface area contributed by atoms with Crippen LogP contribution in [0.15, 0.2) is 35.7 Å². The van der Waals surface area contributed by atoms with Gasteiger partial charge in [0.15, 0.2) is 11.5 Å². The summed E-state index contributed by atoms with van der Waals surface area (Å²) < 4.78 is 36.9. The van der Waals surface area contributed by atoms with Crippen molar-refractivity contribution >= 4 is 27.3 Å². The van der Waals surface area contributed by atoms with Crippen molar-refractivity contribution in [1.82, 2.24) is 9.79 Å². The number of fused-ring (bicyclic) bond motifs is 1. The maximum atomic E-state index is 12.7. The summed E-state index contributed by atoms with van der Waals surface area (Å²) >= 11 is 1.32. The summed E-state index contributed by atoms with van der Waals surface area (Å²) in [6.45, 7) is -0.400. The minimum absolute atomic E-state index is 0.0300. The summed E-state index contributed by atoms with van der Waals surface area (Å²) in [5.74, 6) is 0.0912. The molecule has 0 unspecified atom stereocenters. The summed E-state index contributed by atoms with van der Waals surface area (Å²) in [5.41, 5.74) is 2.11. The molecule has 2 N–H and O–H groups in total. The quantitative estimate of drug-likeness (QED) is 0.551. The highest BCUT2D eigenvalue weighted by molar-refractivity contribution is 7.88. The zero-order valence-corrected chi connectivity index (χ0v) is 14.7. The van der Waals surface area contributed by atoms with Crippen molar-refractivity contribution < 1.29 is 27.9 Å². The van der Waals surface area contributed by atoms with Crippen molar-refractivity contribution in [3.8, 4) is 11.5 Å². The summed E-state index contributed by atoms with van der Waals surface area (Å²) in [7, 11) is -3.76. The number of hydrogen-bond acceptors (Lipinski definition) is 7. The molecule has 25 heavy (non-hydrogen) atoms. The minimum Gasteiger partial charge on any atom is -0.454 e. The Kier molecular flexibility index (Phi) is 5.23. The Hall–Kier alpha value is -2.14. The molecule has 0 saturated carbocycles. The Morgan fingerprint density at radius 3 is 2.80 bits per heavy atom. The Labute approximate surface area is 148 Å². The molecular formula is C15H16N2O6S2. The first-order chi connectivity index (χ1) is 12.0. The normalized spacial score (nSPS) is 13.2. The van der Waals surface area contributed by atoms with E-state index in [2.05, 4.69) is 0 Å². The van der Waals surface area contributed by atoms with Crippen molar-refractivity contribution in [2.24, 2.45) is 0 Å². The number of hydrogen-bond donors (Lipinski definition) is 2. The van der Waals surface area contributed by atoms with Gasteiger partial charge in [-0.1, -0.05) is 12.1 Å². The van der Waals surface area contributed by atoms with Gasteiger partial charge in [-0.15, -0.1) is 11.3 Å². The SMILES string of the molecule is O=C(CN(Cc1ccc2c(c1)OCO2)S(=O)(=O)Cc1cccs1)NO. The molecule has 1 aromatic heterocycles. The van der Waals surface area contributed by atoms with E-state index < -0.39 is 22.5 Å². The zero-order valence-electron chi connectivity index (χ0n) is 13.0. The Balaban J connectivity index is 1.82. The van der Waals surface area contributed by atoms with Crippen molar-refractivity contribution in [1.29, 1.82) is 0 Å². The first-order valence-corrected chi connectivity index (χ1v) is 9.78. The molecule has 0 fully saturated rings. The average Bonchev–Trinajstić information content (AvgIpc) is 3.24. The number of benzene rings is 1. The van der Waals surface area contributed by atoms with Crippen LogP contribution in [0.4, 0.5) is 0 Å². The third-order valence-corrected chi connectivity index (χ3v) is 6.32. The van der Waals surface area contributed by atoms with Gasteiger partial charge >= 0.3 is 0 Å². The molecule has 0 radical (unpaired) electrons. The predicted octanol–water partition coefficient (Wildman–Crippen LogP) is 1.31. The van der Waals surface area contributed by atoms with Crippen LogP contribution >= 0.6 is 11.3 Å². The summed E-state index contributed by atoms with van der Waals surface area (Å²) in [5, 5.41) is 10.5. The Morgan fingerprint density at radius 1 is 1.28 bits per heavy atom. The molecular weight excluding hydrogens is 368 g/mol. The van der Waals surface area contributed by atoms with Gasteiger partial charge in [-0.3, -0.25) is 10.0 Å². The Morgan fingerprint density at radius 2 is 2.08 bits per heavy atom. The number of sulfonamides is 1. The second-order valence-corrected chi connectivity index (χ2v) is 8.33. The second-order valence-electron chi connectivity index (χ2n) is 5.33. The predicted molar refractivity (Wildman–Crippen MR) is 89.8 cm³/mol. The molecule has 10 heteroatoms. The number of nitrogens with zero attached hydrogens (tertiary/aromatic N) is 1. The minimum atomic E-state index is -3.76. The van der Waals surface area contributed by atoms with Crippen LogP contribution in [0, 0.1) is 0 Å². The standard InChI is InChI=1S/C15H16N2O6S2/c18-15(16-19)8-17(25(20,21)9-12-2-1-5-24-12)7-11-3-4-13-14(6-11)23-10-22-13/h1-6,19H,7-10H2,(H,16,18). The topological polar surface area (TPSA) is 105 Å². The van der Waals surface area contributed by atoms with Crippen molar-refractivity contribution in [2.75, 3.05) is 13.3 Å². The molecule has 0 atom stereocenters. The van der Waals surface area contributed by atoms with Gasteiger partial charge in [0.1, 0.15) is 0 Å². The fourth-order valence-electron chi connectivity index (χ4n) is 2.36. The highest BCUT2D eigenvalue weighted by Crippen LogP contribution is 2.33. The lowest BCUT2D eigenvalue weighted by molar-refractivity contribution is -0.129. The van der Waals surface area contributed by atoms with Crippen molar-refractivity contribution in [2.45, 2.75) is 12.3 Å². The van der Waals surface area contributed by atoms with E-state index in [9.17, 15) is 13.2 Å². The van der Waals surface area contributed by atoms with Crippen LogP contribution in [0.2, 0.25) is 0 Å². The number of rotatable bonds is 7. The van der Waals surface area contributed by atoms with Crippen LogP contribution in [0.3, 0.4) is 0 Å². The molecule has 2 aromatic rings. The number of carbonyl (C=O) groups excluding carboxylic acids is 1. The van der Waals surface area contributed by atoms with Gasteiger partial charge in [0.05, 0.1) is 12.3 Å². The van der Waals surface area contributed by atoms with E-state index in [1.54, 1.807) is 35.7 Å².